The Balaban J connectivity index is 1.65. The zero-order valence-electron chi connectivity index (χ0n) is 17.7. The fraction of sp³-hybridized carbons (Fsp3) is 0.429. The second kappa shape index (κ2) is 7.84. The molecule has 0 spiro atoms. The topological polar surface area (TPSA) is 123 Å². The number of nitrogens with two attached hydrogens (primary N) is 1. The maximum atomic E-state index is 12.5. The third-order valence-electron chi connectivity index (χ3n) is 5.13. The molecular weight excluding hydrogens is 418 g/mol. The second-order valence-electron chi connectivity index (χ2n) is 8.66. The zero-order valence-corrected chi connectivity index (χ0v) is 18.5. The number of nitrogen functional groups attached to an aromatic ring is 1. The first-order valence-corrected chi connectivity index (χ1v) is 10.9. The van der Waals surface area contributed by atoms with Gasteiger partial charge in [0.2, 0.25) is 0 Å². The van der Waals surface area contributed by atoms with Gasteiger partial charge in [-0.05, 0) is 39.7 Å². The summed E-state index contributed by atoms with van der Waals surface area (Å²) in [4.78, 5) is 35.2. The fourth-order valence-electron chi connectivity index (χ4n) is 3.69. The van der Waals surface area contributed by atoms with Crippen LogP contribution in [0.4, 0.5) is 10.6 Å². The standard InChI is InChI=1S/C21H25N5O4S/c1-21(2,3)30-20(29)25-6-4-5-12(9-25)14-10-26-15(8-23-17(22)18(26)24-14)16-7-13(11-31-16)19(27)28/h7-8,10-12H,4-6,9H2,1-3H3,(H2,22,23)(H,27,28). The van der Waals surface area contributed by atoms with Gasteiger partial charge in [-0.3, -0.25) is 4.40 Å². The van der Waals surface area contributed by atoms with Crippen LogP contribution in [0.5, 0.6) is 0 Å². The quantitative estimate of drug-likeness (QED) is 0.630. The lowest BCUT2D eigenvalue weighted by Gasteiger charge is -2.33. The monoisotopic (exact) mass is 443 g/mol. The van der Waals surface area contributed by atoms with Crippen molar-refractivity contribution in [2.24, 2.45) is 0 Å². The molecular formula is C21H25N5O4S. The lowest BCUT2D eigenvalue weighted by molar-refractivity contribution is 0.0197. The first kappa shape index (κ1) is 21.1. The third kappa shape index (κ3) is 4.34. The predicted octanol–water partition coefficient (Wildman–Crippen LogP) is 3.85. The highest BCUT2D eigenvalue weighted by Gasteiger charge is 2.30. The van der Waals surface area contributed by atoms with Crippen LogP contribution in [-0.4, -0.2) is 55.1 Å². The van der Waals surface area contributed by atoms with Crippen molar-refractivity contribution in [2.45, 2.75) is 45.1 Å². The van der Waals surface area contributed by atoms with Crippen molar-refractivity contribution >= 4 is 34.9 Å². The molecule has 0 saturated carbocycles. The van der Waals surface area contributed by atoms with Crippen LogP contribution in [0.15, 0.2) is 23.8 Å². The zero-order chi connectivity index (χ0) is 22.3. The Morgan fingerprint density at radius 1 is 1.35 bits per heavy atom. The number of piperidine rings is 1. The van der Waals surface area contributed by atoms with Gasteiger partial charge in [-0.2, -0.15) is 0 Å². The number of aromatic nitrogens is 3. The summed E-state index contributed by atoms with van der Waals surface area (Å²) in [6.07, 6.45) is 4.97. The van der Waals surface area contributed by atoms with Crippen LogP contribution in [0.3, 0.4) is 0 Å². The lowest BCUT2D eigenvalue weighted by atomic mass is 9.95. The van der Waals surface area contributed by atoms with E-state index in [0.717, 1.165) is 29.1 Å². The molecule has 3 aromatic rings. The molecule has 1 saturated heterocycles. The molecule has 31 heavy (non-hydrogen) atoms. The van der Waals surface area contributed by atoms with Gasteiger partial charge in [0.15, 0.2) is 11.5 Å². The molecule has 1 aliphatic heterocycles. The molecule has 4 rings (SSSR count). The van der Waals surface area contributed by atoms with Gasteiger partial charge in [-0.25, -0.2) is 19.6 Å². The van der Waals surface area contributed by atoms with Crippen molar-refractivity contribution in [3.63, 3.8) is 0 Å². The van der Waals surface area contributed by atoms with Gasteiger partial charge in [0, 0.05) is 30.6 Å². The van der Waals surface area contributed by atoms with Crippen LogP contribution in [0, 0.1) is 0 Å². The fourth-order valence-corrected chi connectivity index (χ4v) is 4.58. The highest BCUT2D eigenvalue weighted by Crippen LogP contribution is 2.32. The van der Waals surface area contributed by atoms with Crippen LogP contribution in [0.25, 0.3) is 16.2 Å². The van der Waals surface area contributed by atoms with E-state index in [1.165, 1.54) is 11.3 Å². The summed E-state index contributed by atoms with van der Waals surface area (Å²) in [6, 6.07) is 1.62. The van der Waals surface area contributed by atoms with E-state index in [1.54, 1.807) is 22.5 Å². The van der Waals surface area contributed by atoms with Gasteiger partial charge >= 0.3 is 12.1 Å². The number of carbonyl (C=O) groups is 2. The average molecular weight is 444 g/mol. The van der Waals surface area contributed by atoms with Crippen LogP contribution in [0.2, 0.25) is 0 Å². The van der Waals surface area contributed by atoms with Crippen molar-refractivity contribution in [1.82, 2.24) is 19.3 Å². The number of rotatable bonds is 3. The summed E-state index contributed by atoms with van der Waals surface area (Å²) >= 11 is 1.33. The van der Waals surface area contributed by atoms with E-state index in [0.29, 0.717) is 24.6 Å². The molecule has 0 aliphatic carbocycles. The first-order valence-electron chi connectivity index (χ1n) is 10.1. The predicted molar refractivity (Wildman–Crippen MR) is 117 cm³/mol. The largest absolute Gasteiger partial charge is 0.478 e. The number of hydrogen-bond donors (Lipinski definition) is 2. The minimum atomic E-state index is -0.974. The number of aromatic carboxylic acids is 1. The summed E-state index contributed by atoms with van der Waals surface area (Å²) in [5.41, 5.74) is 7.82. The number of fused-ring (bicyclic) bond motifs is 1. The average Bonchev–Trinajstić information content (AvgIpc) is 3.35. The van der Waals surface area contributed by atoms with Crippen molar-refractivity contribution in [1.29, 1.82) is 0 Å². The van der Waals surface area contributed by atoms with Crippen molar-refractivity contribution in [3.8, 4) is 10.6 Å². The number of carboxylic acids is 1. The molecule has 0 aromatic carbocycles. The van der Waals surface area contributed by atoms with Gasteiger partial charge < -0.3 is 20.5 Å². The van der Waals surface area contributed by atoms with Gasteiger partial charge in [0.25, 0.3) is 0 Å². The molecule has 1 unspecified atom stereocenters. The summed E-state index contributed by atoms with van der Waals surface area (Å²) in [5.74, 6) is -0.630. The number of carboxylic acid groups (broad SMARTS) is 1. The molecule has 10 heteroatoms. The smallest absolute Gasteiger partial charge is 0.410 e. The Morgan fingerprint density at radius 3 is 2.81 bits per heavy atom. The number of nitrogens with zero attached hydrogens (tertiary/aromatic N) is 4. The number of amides is 1. The summed E-state index contributed by atoms with van der Waals surface area (Å²) in [5, 5.41) is 10.8. The third-order valence-corrected chi connectivity index (χ3v) is 6.08. The molecule has 1 fully saturated rings. The summed E-state index contributed by atoms with van der Waals surface area (Å²) in [7, 11) is 0. The van der Waals surface area contributed by atoms with E-state index >= 15 is 0 Å². The Morgan fingerprint density at radius 2 is 2.13 bits per heavy atom. The molecule has 9 nitrogen and oxygen atoms in total. The van der Waals surface area contributed by atoms with Crippen LogP contribution in [-0.2, 0) is 4.74 Å². The molecule has 1 atom stereocenters. The normalized spacial score (nSPS) is 17.1. The molecule has 0 bridgehead atoms. The van der Waals surface area contributed by atoms with Crippen molar-refractivity contribution in [2.75, 3.05) is 18.8 Å². The van der Waals surface area contributed by atoms with E-state index in [9.17, 15) is 14.7 Å². The highest BCUT2D eigenvalue weighted by molar-refractivity contribution is 7.13. The SMILES string of the molecule is CC(C)(C)OC(=O)N1CCCC(c2cn3c(-c4cc(C(=O)O)cs4)cnc(N)c3n2)C1. The molecule has 4 heterocycles. The minimum Gasteiger partial charge on any atom is -0.478 e. The number of carbonyl (C=O) groups excluding carboxylic acids is 1. The van der Waals surface area contributed by atoms with E-state index in [1.807, 2.05) is 31.4 Å². The number of ether oxygens (including phenoxy) is 1. The van der Waals surface area contributed by atoms with E-state index in [2.05, 4.69) is 4.98 Å². The maximum absolute atomic E-state index is 12.5. The van der Waals surface area contributed by atoms with Gasteiger partial charge in [-0.1, -0.05) is 0 Å². The van der Waals surface area contributed by atoms with Crippen LogP contribution < -0.4 is 5.73 Å². The number of thiophene rings is 1. The van der Waals surface area contributed by atoms with E-state index in [4.69, 9.17) is 15.5 Å². The number of imidazole rings is 1. The molecule has 0 radical (unpaired) electrons. The number of anilines is 1. The van der Waals surface area contributed by atoms with Crippen molar-refractivity contribution < 1.29 is 19.4 Å². The van der Waals surface area contributed by atoms with Gasteiger partial charge in [0.1, 0.15) is 5.60 Å². The second-order valence-corrected chi connectivity index (χ2v) is 9.57. The maximum Gasteiger partial charge on any atom is 0.410 e. The van der Waals surface area contributed by atoms with Crippen LogP contribution in [0.1, 0.15) is 55.6 Å². The van der Waals surface area contributed by atoms with Gasteiger partial charge in [0.05, 0.1) is 28.0 Å². The molecule has 1 aliphatic rings. The Kier molecular flexibility index (Phi) is 5.34. The minimum absolute atomic E-state index is 0.0475. The Labute approximate surface area is 183 Å². The van der Waals surface area contributed by atoms with E-state index in [-0.39, 0.29) is 17.6 Å². The molecule has 3 aromatic heterocycles. The Hall–Kier alpha value is -3.14. The lowest BCUT2D eigenvalue weighted by Crippen LogP contribution is -2.42. The first-order chi connectivity index (χ1) is 14.6. The van der Waals surface area contributed by atoms with Crippen molar-refractivity contribution in [3.05, 3.63) is 35.1 Å². The van der Waals surface area contributed by atoms with E-state index < -0.39 is 11.6 Å². The number of likely N-dealkylation sites (tertiary alicyclic amines) is 1. The summed E-state index contributed by atoms with van der Waals surface area (Å²) < 4.78 is 7.37. The summed E-state index contributed by atoms with van der Waals surface area (Å²) in [6.45, 7) is 6.73. The van der Waals surface area contributed by atoms with Crippen LogP contribution >= 0.6 is 11.3 Å². The highest BCUT2D eigenvalue weighted by atomic mass is 32.1. The number of hydrogen-bond acceptors (Lipinski definition) is 7. The van der Waals surface area contributed by atoms with Gasteiger partial charge in [-0.15, -0.1) is 11.3 Å². The molecule has 3 N–H and O–H groups in total. The Bertz CT molecular complexity index is 1150. The molecule has 1 amide bonds. The molecule has 164 valence electrons.